The lowest BCUT2D eigenvalue weighted by molar-refractivity contribution is 0.0745. The zero-order valence-corrected chi connectivity index (χ0v) is 12.6. The Kier molecular flexibility index (Phi) is 5.68. The first-order valence-electron chi connectivity index (χ1n) is 5.89. The van der Waals surface area contributed by atoms with Gasteiger partial charge in [0.25, 0.3) is 5.91 Å². The van der Waals surface area contributed by atoms with Crippen molar-refractivity contribution in [2.45, 2.75) is 27.2 Å². The van der Waals surface area contributed by atoms with Crippen LogP contribution in [-0.2, 0) is 0 Å². The van der Waals surface area contributed by atoms with Gasteiger partial charge in [-0.25, -0.2) is 4.98 Å². The maximum Gasteiger partial charge on any atom is 0.265 e. The number of carbonyl (C=O) groups excluding carboxylic acids is 1. The number of hydrogen-bond donors (Lipinski definition) is 1. The minimum Gasteiger partial charge on any atom is -0.393 e. The van der Waals surface area contributed by atoms with E-state index in [-0.39, 0.29) is 5.91 Å². The van der Waals surface area contributed by atoms with E-state index >= 15 is 0 Å². The molecule has 2 N–H and O–H groups in total. The molecule has 1 aromatic heterocycles. The minimum atomic E-state index is 0.0277. The lowest BCUT2D eigenvalue weighted by atomic mass is 10.2. The molecular weight excluding hydrogens is 266 g/mol. The Hall–Kier alpha value is -1.01. The number of carbonyl (C=O) groups is 1. The fourth-order valence-electron chi connectivity index (χ4n) is 1.61. The summed E-state index contributed by atoms with van der Waals surface area (Å²) in [6, 6.07) is 0. The molecule has 0 unspecified atom stereocenters. The Morgan fingerprint density at radius 3 is 2.72 bits per heavy atom. The third kappa shape index (κ3) is 4.34. The summed E-state index contributed by atoms with van der Waals surface area (Å²) in [4.78, 5) is 19.5. The number of nitrogens with zero attached hydrogens (tertiary/aromatic N) is 2. The first kappa shape index (κ1) is 15.0. The number of rotatable bonds is 6. The normalized spacial score (nSPS) is 10.7. The molecule has 0 aliphatic rings. The van der Waals surface area contributed by atoms with Crippen LogP contribution in [0.15, 0.2) is 5.51 Å². The number of hydrogen-bond acceptors (Lipinski definition) is 4. The quantitative estimate of drug-likeness (QED) is 0.814. The molecule has 6 heteroatoms. The van der Waals surface area contributed by atoms with E-state index in [9.17, 15) is 4.79 Å². The van der Waals surface area contributed by atoms with Gasteiger partial charge in [-0.1, -0.05) is 26.1 Å². The zero-order chi connectivity index (χ0) is 13.7. The van der Waals surface area contributed by atoms with Gasteiger partial charge in [-0.05, 0) is 12.8 Å². The highest BCUT2D eigenvalue weighted by Crippen LogP contribution is 2.16. The SMILES string of the molecule is Cc1ncsc1C(=O)N(CCC(N)=S)CC(C)C. The average Bonchev–Trinajstić information content (AvgIpc) is 2.69. The maximum atomic E-state index is 12.4. The van der Waals surface area contributed by atoms with Crippen LogP contribution in [0.25, 0.3) is 0 Å². The molecule has 0 saturated heterocycles. The van der Waals surface area contributed by atoms with Crippen LogP contribution in [0.5, 0.6) is 0 Å². The third-order valence-corrected chi connectivity index (χ3v) is 3.56. The first-order chi connectivity index (χ1) is 8.41. The number of aryl methyl sites for hydroxylation is 1. The monoisotopic (exact) mass is 285 g/mol. The Morgan fingerprint density at radius 2 is 2.28 bits per heavy atom. The summed E-state index contributed by atoms with van der Waals surface area (Å²) < 4.78 is 0. The van der Waals surface area contributed by atoms with Gasteiger partial charge >= 0.3 is 0 Å². The lowest BCUT2D eigenvalue weighted by Crippen LogP contribution is -2.36. The molecule has 0 atom stereocenters. The Balaban J connectivity index is 2.78. The van der Waals surface area contributed by atoms with E-state index in [1.165, 1.54) is 11.3 Å². The molecule has 1 heterocycles. The van der Waals surface area contributed by atoms with E-state index in [0.717, 1.165) is 5.69 Å². The van der Waals surface area contributed by atoms with Gasteiger partial charge in [0.05, 0.1) is 16.2 Å². The van der Waals surface area contributed by atoms with Crippen molar-refractivity contribution in [3.8, 4) is 0 Å². The van der Waals surface area contributed by atoms with Crippen molar-refractivity contribution >= 4 is 34.5 Å². The van der Waals surface area contributed by atoms with Gasteiger partial charge in [0, 0.05) is 19.5 Å². The van der Waals surface area contributed by atoms with Gasteiger partial charge in [0.1, 0.15) is 4.88 Å². The van der Waals surface area contributed by atoms with E-state index in [1.54, 1.807) is 5.51 Å². The molecule has 0 fully saturated rings. The molecule has 0 aliphatic heterocycles. The second-order valence-corrected chi connectivity index (χ2v) is 6.01. The summed E-state index contributed by atoms with van der Waals surface area (Å²) in [5.41, 5.74) is 7.99. The molecule has 0 bridgehead atoms. The molecule has 0 aliphatic carbocycles. The average molecular weight is 285 g/mol. The van der Waals surface area contributed by atoms with E-state index in [4.69, 9.17) is 18.0 Å². The molecule has 0 spiro atoms. The minimum absolute atomic E-state index is 0.0277. The van der Waals surface area contributed by atoms with Crippen LogP contribution in [0.1, 0.15) is 35.6 Å². The second kappa shape index (κ2) is 6.80. The van der Waals surface area contributed by atoms with Crippen molar-refractivity contribution in [1.82, 2.24) is 9.88 Å². The Labute approximate surface area is 117 Å². The van der Waals surface area contributed by atoms with Crippen LogP contribution in [-0.4, -0.2) is 33.9 Å². The van der Waals surface area contributed by atoms with Crippen LogP contribution in [0.3, 0.4) is 0 Å². The summed E-state index contributed by atoms with van der Waals surface area (Å²) in [6.07, 6.45) is 0.561. The molecule has 4 nitrogen and oxygen atoms in total. The number of amides is 1. The standard InChI is InChI=1S/C12H19N3OS2/c1-8(2)6-15(5-4-10(13)17)12(16)11-9(3)14-7-18-11/h7-8H,4-6H2,1-3H3,(H2,13,17). The van der Waals surface area contributed by atoms with E-state index in [1.807, 2.05) is 11.8 Å². The van der Waals surface area contributed by atoms with E-state index < -0.39 is 0 Å². The summed E-state index contributed by atoms with van der Waals surface area (Å²) in [5, 5.41) is 0. The largest absolute Gasteiger partial charge is 0.393 e. The summed E-state index contributed by atoms with van der Waals surface area (Å²) in [5.74, 6) is 0.438. The molecule has 0 saturated carbocycles. The first-order valence-corrected chi connectivity index (χ1v) is 7.18. The van der Waals surface area contributed by atoms with E-state index in [2.05, 4.69) is 18.8 Å². The van der Waals surface area contributed by atoms with Gasteiger partial charge in [-0.3, -0.25) is 4.79 Å². The highest BCUT2D eigenvalue weighted by molar-refractivity contribution is 7.80. The summed E-state index contributed by atoms with van der Waals surface area (Å²) in [6.45, 7) is 7.30. The maximum absolute atomic E-state index is 12.4. The fourth-order valence-corrected chi connectivity index (χ4v) is 2.47. The lowest BCUT2D eigenvalue weighted by Gasteiger charge is -2.24. The zero-order valence-electron chi connectivity index (χ0n) is 11.0. The topological polar surface area (TPSA) is 59.2 Å². The van der Waals surface area contributed by atoms with Crippen LogP contribution < -0.4 is 5.73 Å². The van der Waals surface area contributed by atoms with Crippen LogP contribution in [0, 0.1) is 12.8 Å². The molecule has 100 valence electrons. The van der Waals surface area contributed by atoms with Crippen molar-refractivity contribution in [3.63, 3.8) is 0 Å². The molecule has 0 radical (unpaired) electrons. The number of thiazole rings is 1. The summed E-state index contributed by atoms with van der Waals surface area (Å²) in [7, 11) is 0. The molecular formula is C12H19N3OS2. The second-order valence-electron chi connectivity index (χ2n) is 4.63. The van der Waals surface area contributed by atoms with Crippen LogP contribution in [0.2, 0.25) is 0 Å². The number of thiocarbonyl (C=S) groups is 1. The highest BCUT2D eigenvalue weighted by atomic mass is 32.1. The smallest absolute Gasteiger partial charge is 0.265 e. The molecule has 18 heavy (non-hydrogen) atoms. The molecule has 0 aromatic carbocycles. The molecule has 1 amide bonds. The van der Waals surface area contributed by atoms with Crippen molar-refractivity contribution in [2.24, 2.45) is 11.7 Å². The van der Waals surface area contributed by atoms with Gasteiger partial charge in [-0.2, -0.15) is 0 Å². The number of nitrogens with two attached hydrogens (primary N) is 1. The fraction of sp³-hybridized carbons (Fsp3) is 0.583. The van der Waals surface area contributed by atoms with Gasteiger partial charge in [0.15, 0.2) is 0 Å². The predicted molar refractivity (Wildman–Crippen MR) is 79.0 cm³/mol. The van der Waals surface area contributed by atoms with Crippen LogP contribution in [0.4, 0.5) is 0 Å². The van der Waals surface area contributed by atoms with Crippen molar-refractivity contribution in [2.75, 3.05) is 13.1 Å². The Bertz CT molecular complexity index is 429. The van der Waals surface area contributed by atoms with Gasteiger partial charge in [0.2, 0.25) is 0 Å². The predicted octanol–water partition coefficient (Wildman–Crippen LogP) is 2.23. The highest BCUT2D eigenvalue weighted by Gasteiger charge is 2.20. The Morgan fingerprint density at radius 1 is 1.61 bits per heavy atom. The van der Waals surface area contributed by atoms with Crippen molar-refractivity contribution in [3.05, 3.63) is 16.1 Å². The van der Waals surface area contributed by atoms with Gasteiger partial charge < -0.3 is 10.6 Å². The molecule has 1 aromatic rings. The van der Waals surface area contributed by atoms with Crippen LogP contribution >= 0.6 is 23.6 Å². The van der Waals surface area contributed by atoms with Crippen molar-refractivity contribution < 1.29 is 4.79 Å². The van der Waals surface area contributed by atoms with E-state index in [0.29, 0.717) is 35.3 Å². The van der Waals surface area contributed by atoms with Gasteiger partial charge in [-0.15, -0.1) is 11.3 Å². The van der Waals surface area contributed by atoms with Crippen molar-refractivity contribution in [1.29, 1.82) is 0 Å². The summed E-state index contributed by atoms with van der Waals surface area (Å²) >= 11 is 6.25. The third-order valence-electron chi connectivity index (χ3n) is 2.44. The number of aromatic nitrogens is 1. The molecule has 1 rings (SSSR count).